The molecule has 0 aliphatic rings. The van der Waals surface area contributed by atoms with E-state index < -0.39 is 60.2 Å². The average Bonchev–Trinajstić information content (AvgIpc) is 3.39. The zero-order valence-corrected chi connectivity index (χ0v) is 22.2. The van der Waals surface area contributed by atoms with Gasteiger partial charge in [0.1, 0.15) is 18.1 Å². The minimum absolute atomic E-state index is 0.0163. The average molecular weight is 569 g/mol. The fourth-order valence-corrected chi connectivity index (χ4v) is 3.61. The second-order valence-electron chi connectivity index (χ2n) is 9.07. The van der Waals surface area contributed by atoms with Crippen LogP contribution in [0, 0.1) is 0 Å². The molecule has 1 heterocycles. The summed E-state index contributed by atoms with van der Waals surface area (Å²) in [6, 6.07) is -4.79. The van der Waals surface area contributed by atoms with Crippen molar-refractivity contribution in [3.63, 3.8) is 0 Å². The summed E-state index contributed by atoms with van der Waals surface area (Å²) in [6.07, 6.45) is 3.77. The number of imidazole rings is 1. The molecule has 0 saturated heterocycles. The summed E-state index contributed by atoms with van der Waals surface area (Å²) < 4.78 is 0. The number of nitrogens with two attached hydrogens (primary N) is 4. The van der Waals surface area contributed by atoms with E-state index in [2.05, 4.69) is 30.9 Å². The minimum Gasteiger partial charge on any atom is -0.481 e. The van der Waals surface area contributed by atoms with E-state index >= 15 is 0 Å². The SMILES string of the molecule is NCCCCC(NC(=O)C(N)Cc1cnc[nH]1)C(=O)NC(CCCN=C(N)N)C(=O)NC(CCC(=O)O)C(=O)O. The van der Waals surface area contributed by atoms with Gasteiger partial charge in [-0.1, -0.05) is 0 Å². The lowest BCUT2D eigenvalue weighted by molar-refractivity contribution is -0.143. The number of carbonyl (C=O) groups excluding carboxylic acids is 3. The van der Waals surface area contributed by atoms with Gasteiger partial charge < -0.3 is 54.1 Å². The Hall–Kier alpha value is -4.25. The van der Waals surface area contributed by atoms with E-state index in [9.17, 15) is 29.1 Å². The Morgan fingerprint density at radius 3 is 2.02 bits per heavy atom. The number of carbonyl (C=O) groups is 5. The van der Waals surface area contributed by atoms with Crippen molar-refractivity contribution in [3.05, 3.63) is 18.2 Å². The van der Waals surface area contributed by atoms with Crippen molar-refractivity contribution in [2.45, 2.75) is 75.5 Å². The topological polar surface area (TPSA) is 307 Å². The maximum absolute atomic E-state index is 13.2. The number of aliphatic imine (C=N–C) groups is 1. The van der Waals surface area contributed by atoms with Crippen molar-refractivity contribution in [1.82, 2.24) is 25.9 Å². The molecule has 0 bridgehead atoms. The number of aliphatic carboxylic acids is 2. The Labute approximate surface area is 230 Å². The van der Waals surface area contributed by atoms with Crippen molar-refractivity contribution in [2.75, 3.05) is 13.1 Å². The van der Waals surface area contributed by atoms with Gasteiger partial charge in [-0.15, -0.1) is 0 Å². The number of hydrogen-bond acceptors (Lipinski definition) is 9. The molecule has 4 atom stereocenters. The number of carboxylic acids is 2. The number of carboxylic acid groups (broad SMARTS) is 2. The van der Waals surface area contributed by atoms with Gasteiger partial charge in [0, 0.05) is 31.3 Å². The quantitative estimate of drug-likeness (QED) is 0.0424. The van der Waals surface area contributed by atoms with Crippen LogP contribution in [-0.4, -0.2) is 93.1 Å². The molecule has 17 heteroatoms. The highest BCUT2D eigenvalue weighted by atomic mass is 16.4. The summed E-state index contributed by atoms with van der Waals surface area (Å²) in [7, 11) is 0. The second kappa shape index (κ2) is 18.1. The number of aromatic nitrogens is 2. The molecule has 3 amide bonds. The summed E-state index contributed by atoms with van der Waals surface area (Å²) in [5.41, 5.74) is 22.8. The molecule has 17 nitrogen and oxygen atoms in total. The van der Waals surface area contributed by atoms with Crippen LogP contribution < -0.4 is 38.9 Å². The first kappa shape index (κ1) is 33.8. The van der Waals surface area contributed by atoms with Crippen LogP contribution >= 0.6 is 0 Å². The molecule has 0 aromatic carbocycles. The van der Waals surface area contributed by atoms with Gasteiger partial charge >= 0.3 is 11.9 Å². The molecule has 14 N–H and O–H groups in total. The van der Waals surface area contributed by atoms with Crippen LogP contribution in [0.4, 0.5) is 0 Å². The van der Waals surface area contributed by atoms with E-state index in [0.717, 1.165) is 0 Å². The molecule has 0 radical (unpaired) electrons. The molecule has 0 fully saturated rings. The van der Waals surface area contributed by atoms with Crippen molar-refractivity contribution < 1.29 is 34.2 Å². The van der Waals surface area contributed by atoms with Crippen LogP contribution in [0.15, 0.2) is 17.5 Å². The molecular formula is C23H40N10O7. The van der Waals surface area contributed by atoms with Gasteiger partial charge in [-0.2, -0.15) is 0 Å². The fourth-order valence-electron chi connectivity index (χ4n) is 3.61. The van der Waals surface area contributed by atoms with Crippen LogP contribution in [0.3, 0.4) is 0 Å². The summed E-state index contributed by atoms with van der Waals surface area (Å²) in [4.78, 5) is 72.0. The lowest BCUT2D eigenvalue weighted by Gasteiger charge is -2.25. The molecule has 0 spiro atoms. The molecule has 40 heavy (non-hydrogen) atoms. The Bertz CT molecular complexity index is 998. The van der Waals surface area contributed by atoms with Crippen LogP contribution in [-0.2, 0) is 30.4 Å². The van der Waals surface area contributed by atoms with Crippen molar-refractivity contribution in [1.29, 1.82) is 0 Å². The highest BCUT2D eigenvalue weighted by molar-refractivity contribution is 5.94. The second-order valence-corrected chi connectivity index (χ2v) is 9.07. The number of guanidine groups is 1. The lowest BCUT2D eigenvalue weighted by Crippen LogP contribution is -2.57. The standard InChI is InChI=1S/C23H40N10O7/c24-8-2-1-4-15(31-19(36)14(25)10-13-11-28-12-30-13)20(37)32-16(5-3-9-29-23(26)27)21(38)33-17(22(39)40)6-7-18(34)35/h11-12,14-17H,1-10,24-25H2,(H,28,30)(H,31,36)(H,32,37)(H,33,38)(H,34,35)(H,39,40)(H4,26,27,29). The molecule has 224 valence electrons. The van der Waals surface area contributed by atoms with Crippen molar-refractivity contribution >= 4 is 35.6 Å². The number of amides is 3. The summed E-state index contributed by atoms with van der Waals surface area (Å²) in [5.74, 6) is -4.98. The predicted octanol–water partition coefficient (Wildman–Crippen LogP) is -3.13. The summed E-state index contributed by atoms with van der Waals surface area (Å²) in [6.45, 7) is 0.493. The van der Waals surface area contributed by atoms with Gasteiger partial charge in [-0.05, 0) is 45.1 Å². The van der Waals surface area contributed by atoms with Gasteiger partial charge in [0.05, 0.1) is 12.4 Å². The molecular weight excluding hydrogens is 528 g/mol. The third kappa shape index (κ3) is 13.5. The highest BCUT2D eigenvalue weighted by Crippen LogP contribution is 2.07. The van der Waals surface area contributed by atoms with Crippen LogP contribution in [0.25, 0.3) is 0 Å². The largest absolute Gasteiger partial charge is 0.481 e. The zero-order chi connectivity index (χ0) is 30.1. The van der Waals surface area contributed by atoms with Crippen LogP contribution in [0.1, 0.15) is 50.6 Å². The van der Waals surface area contributed by atoms with Crippen LogP contribution in [0.2, 0.25) is 0 Å². The molecule has 1 aromatic heterocycles. The summed E-state index contributed by atoms with van der Waals surface area (Å²) in [5, 5.41) is 25.7. The minimum atomic E-state index is -1.50. The molecule has 1 rings (SSSR count). The number of hydrogen-bond donors (Lipinski definition) is 10. The number of unbranched alkanes of at least 4 members (excludes halogenated alkanes) is 1. The highest BCUT2D eigenvalue weighted by Gasteiger charge is 2.30. The maximum atomic E-state index is 13.2. The van der Waals surface area contributed by atoms with Gasteiger partial charge in [-0.25, -0.2) is 9.78 Å². The molecule has 0 saturated carbocycles. The summed E-state index contributed by atoms with van der Waals surface area (Å²) >= 11 is 0. The number of aromatic amines is 1. The number of nitrogens with zero attached hydrogens (tertiary/aromatic N) is 2. The normalized spacial score (nSPS) is 13.8. The zero-order valence-electron chi connectivity index (χ0n) is 22.2. The Kier molecular flexibility index (Phi) is 15.3. The maximum Gasteiger partial charge on any atom is 0.326 e. The smallest absolute Gasteiger partial charge is 0.326 e. The molecule has 0 aliphatic heterocycles. The third-order valence-electron chi connectivity index (χ3n) is 5.75. The number of H-pyrrole nitrogens is 1. The van der Waals surface area contributed by atoms with Gasteiger partial charge in [0.2, 0.25) is 17.7 Å². The van der Waals surface area contributed by atoms with E-state index in [4.69, 9.17) is 28.0 Å². The van der Waals surface area contributed by atoms with Gasteiger partial charge in [-0.3, -0.25) is 24.2 Å². The first-order valence-corrected chi connectivity index (χ1v) is 12.8. The van der Waals surface area contributed by atoms with E-state index in [1.165, 1.54) is 12.5 Å². The monoisotopic (exact) mass is 568 g/mol. The molecule has 0 aliphatic carbocycles. The fraction of sp³-hybridized carbons (Fsp3) is 0.609. The van der Waals surface area contributed by atoms with Gasteiger partial charge in [0.25, 0.3) is 0 Å². The van der Waals surface area contributed by atoms with Crippen molar-refractivity contribution in [3.8, 4) is 0 Å². The van der Waals surface area contributed by atoms with Gasteiger partial charge in [0.15, 0.2) is 5.96 Å². The van der Waals surface area contributed by atoms with E-state index in [-0.39, 0.29) is 44.6 Å². The first-order chi connectivity index (χ1) is 18.9. The Balaban J connectivity index is 3.02. The predicted molar refractivity (Wildman–Crippen MR) is 143 cm³/mol. The lowest BCUT2D eigenvalue weighted by atomic mass is 10.0. The van der Waals surface area contributed by atoms with Crippen molar-refractivity contribution in [2.24, 2.45) is 27.9 Å². The van der Waals surface area contributed by atoms with E-state index in [1.807, 2.05) is 0 Å². The first-order valence-electron chi connectivity index (χ1n) is 12.8. The van der Waals surface area contributed by atoms with E-state index in [0.29, 0.717) is 25.1 Å². The number of rotatable bonds is 20. The Morgan fingerprint density at radius 2 is 1.50 bits per heavy atom. The molecule has 1 aromatic rings. The third-order valence-corrected chi connectivity index (χ3v) is 5.75. The number of nitrogens with one attached hydrogen (secondary N) is 4. The van der Waals surface area contributed by atoms with E-state index in [1.54, 1.807) is 0 Å². The molecule has 4 unspecified atom stereocenters. The van der Waals surface area contributed by atoms with Crippen LogP contribution in [0.5, 0.6) is 0 Å². The Morgan fingerprint density at radius 1 is 0.900 bits per heavy atom.